The van der Waals surface area contributed by atoms with Crippen LogP contribution in [0.3, 0.4) is 0 Å². The summed E-state index contributed by atoms with van der Waals surface area (Å²) < 4.78 is 37.4. The first kappa shape index (κ1) is 13.8. The molecule has 0 aliphatic carbocycles. The van der Waals surface area contributed by atoms with E-state index >= 15 is 0 Å². The molecule has 0 aliphatic heterocycles. The van der Waals surface area contributed by atoms with Gasteiger partial charge in [-0.2, -0.15) is 24.5 Å². The Morgan fingerprint density at radius 3 is 2.74 bits per heavy atom. The Morgan fingerprint density at radius 1 is 1.32 bits per heavy atom. The topological polar surface area (TPSA) is 45.1 Å². The van der Waals surface area contributed by atoms with Gasteiger partial charge in [0.1, 0.15) is 11.5 Å². The van der Waals surface area contributed by atoms with Crippen molar-refractivity contribution in [3.8, 4) is 0 Å². The van der Waals surface area contributed by atoms with Crippen LogP contribution >= 0.6 is 11.3 Å². The second kappa shape index (κ2) is 5.58. The number of nitrogens with zero attached hydrogens (tertiary/aromatic N) is 1. The Morgan fingerprint density at radius 2 is 2.11 bits per heavy atom. The second-order valence-corrected chi connectivity index (χ2v) is 4.64. The summed E-state index contributed by atoms with van der Waals surface area (Å²) >= 11 is 1.44. The molecule has 2 heterocycles. The van der Waals surface area contributed by atoms with E-state index in [9.17, 15) is 18.3 Å². The van der Waals surface area contributed by atoms with E-state index in [1.165, 1.54) is 23.5 Å². The van der Waals surface area contributed by atoms with Crippen LogP contribution in [0.15, 0.2) is 35.0 Å². The van der Waals surface area contributed by atoms with E-state index in [4.69, 9.17) is 0 Å². The highest BCUT2D eigenvalue weighted by molar-refractivity contribution is 7.07. The summed E-state index contributed by atoms with van der Waals surface area (Å²) in [6.07, 6.45) is -5.24. The lowest BCUT2D eigenvalue weighted by molar-refractivity contribution is -0.141. The SMILES string of the molecule is OC(CNc1cccc(C(F)(F)F)n1)c1ccsc1. The van der Waals surface area contributed by atoms with Crippen LogP contribution in [0.25, 0.3) is 0 Å². The maximum absolute atomic E-state index is 12.5. The van der Waals surface area contributed by atoms with Crippen molar-refractivity contribution in [2.24, 2.45) is 0 Å². The van der Waals surface area contributed by atoms with E-state index in [0.717, 1.165) is 11.6 Å². The smallest absolute Gasteiger partial charge is 0.387 e. The van der Waals surface area contributed by atoms with Gasteiger partial charge in [-0.25, -0.2) is 4.98 Å². The van der Waals surface area contributed by atoms with Gasteiger partial charge in [0.25, 0.3) is 0 Å². The average molecular weight is 288 g/mol. The molecule has 2 N–H and O–H groups in total. The zero-order valence-electron chi connectivity index (χ0n) is 9.69. The number of nitrogens with one attached hydrogen (secondary N) is 1. The lowest BCUT2D eigenvalue weighted by atomic mass is 10.2. The molecule has 0 saturated carbocycles. The first-order valence-electron chi connectivity index (χ1n) is 5.45. The maximum Gasteiger partial charge on any atom is 0.433 e. The summed E-state index contributed by atoms with van der Waals surface area (Å²) in [5.74, 6) is 0.0871. The second-order valence-electron chi connectivity index (χ2n) is 3.86. The molecular formula is C12H11F3N2OS. The Balaban J connectivity index is 2.00. The first-order chi connectivity index (χ1) is 8.97. The Labute approximate surface area is 111 Å². The first-order valence-corrected chi connectivity index (χ1v) is 6.39. The van der Waals surface area contributed by atoms with E-state index in [1.54, 1.807) is 11.4 Å². The van der Waals surface area contributed by atoms with Gasteiger partial charge < -0.3 is 10.4 Å². The molecule has 2 aromatic heterocycles. The fourth-order valence-electron chi connectivity index (χ4n) is 1.47. The number of hydrogen-bond acceptors (Lipinski definition) is 4. The molecule has 102 valence electrons. The van der Waals surface area contributed by atoms with Crippen LogP contribution < -0.4 is 5.32 Å². The predicted molar refractivity (Wildman–Crippen MR) is 67.0 cm³/mol. The van der Waals surface area contributed by atoms with Crippen molar-refractivity contribution >= 4 is 17.2 Å². The zero-order chi connectivity index (χ0) is 13.9. The molecule has 0 radical (unpaired) electrons. The molecule has 2 rings (SSSR count). The zero-order valence-corrected chi connectivity index (χ0v) is 10.5. The lowest BCUT2D eigenvalue weighted by Gasteiger charge is -2.12. The van der Waals surface area contributed by atoms with Gasteiger partial charge in [0.15, 0.2) is 0 Å². The van der Waals surface area contributed by atoms with Crippen molar-refractivity contribution in [1.29, 1.82) is 0 Å². The average Bonchev–Trinajstić information content (AvgIpc) is 2.89. The highest BCUT2D eigenvalue weighted by atomic mass is 32.1. The fourth-order valence-corrected chi connectivity index (χ4v) is 2.18. The normalized spacial score (nSPS) is 13.3. The van der Waals surface area contributed by atoms with Crippen LogP contribution in [0.5, 0.6) is 0 Å². The highest BCUT2D eigenvalue weighted by Crippen LogP contribution is 2.28. The number of hydrogen-bond donors (Lipinski definition) is 2. The summed E-state index contributed by atoms with van der Waals surface area (Å²) in [5, 5.41) is 16.1. The van der Waals surface area contributed by atoms with Crippen LogP contribution in [-0.4, -0.2) is 16.6 Å². The number of aliphatic hydroxyl groups is 1. The van der Waals surface area contributed by atoms with Gasteiger partial charge in [0.2, 0.25) is 0 Å². The molecule has 3 nitrogen and oxygen atoms in total. The van der Waals surface area contributed by atoms with Gasteiger partial charge in [-0.1, -0.05) is 6.07 Å². The third-order valence-electron chi connectivity index (χ3n) is 2.44. The Hall–Kier alpha value is -1.60. The van der Waals surface area contributed by atoms with Crippen molar-refractivity contribution in [3.05, 3.63) is 46.3 Å². The minimum absolute atomic E-state index is 0.0871. The van der Waals surface area contributed by atoms with Crippen LogP contribution in [0, 0.1) is 0 Å². The number of thiophene rings is 1. The predicted octanol–water partition coefficient (Wildman–Crippen LogP) is 3.31. The van der Waals surface area contributed by atoms with Gasteiger partial charge in [0, 0.05) is 6.54 Å². The molecule has 0 aromatic carbocycles. The van der Waals surface area contributed by atoms with Gasteiger partial charge in [-0.3, -0.25) is 0 Å². The number of aromatic nitrogens is 1. The number of pyridine rings is 1. The number of rotatable bonds is 4. The monoisotopic (exact) mass is 288 g/mol. The molecule has 0 amide bonds. The minimum Gasteiger partial charge on any atom is -0.387 e. The number of aliphatic hydroxyl groups excluding tert-OH is 1. The van der Waals surface area contributed by atoms with Crippen LogP contribution in [0.1, 0.15) is 17.4 Å². The summed E-state index contributed by atoms with van der Waals surface area (Å²) in [6.45, 7) is 0.102. The summed E-state index contributed by atoms with van der Waals surface area (Å²) in [6, 6.07) is 5.36. The van der Waals surface area contributed by atoms with Gasteiger partial charge in [-0.05, 0) is 34.5 Å². The number of alkyl halides is 3. The molecule has 1 unspecified atom stereocenters. The summed E-state index contributed by atoms with van der Waals surface area (Å²) in [4.78, 5) is 3.45. The molecule has 0 bridgehead atoms. The van der Waals surface area contributed by atoms with Crippen LogP contribution in [0.2, 0.25) is 0 Å². The molecule has 2 aromatic rings. The molecular weight excluding hydrogens is 277 g/mol. The third kappa shape index (κ3) is 3.68. The Kier molecular flexibility index (Phi) is 4.06. The van der Waals surface area contributed by atoms with E-state index in [1.807, 2.05) is 5.38 Å². The van der Waals surface area contributed by atoms with Crippen molar-refractivity contribution in [2.45, 2.75) is 12.3 Å². The molecule has 0 fully saturated rings. The third-order valence-corrected chi connectivity index (χ3v) is 3.15. The molecule has 0 aliphatic rings. The lowest BCUT2D eigenvalue weighted by Crippen LogP contribution is -2.14. The van der Waals surface area contributed by atoms with Crippen LogP contribution in [-0.2, 0) is 6.18 Å². The van der Waals surface area contributed by atoms with Gasteiger partial charge in [-0.15, -0.1) is 0 Å². The summed E-state index contributed by atoms with van der Waals surface area (Å²) in [7, 11) is 0. The molecule has 0 saturated heterocycles. The van der Waals surface area contributed by atoms with Crippen molar-refractivity contribution in [2.75, 3.05) is 11.9 Å². The van der Waals surface area contributed by atoms with Crippen molar-refractivity contribution in [3.63, 3.8) is 0 Å². The van der Waals surface area contributed by atoms with E-state index in [2.05, 4.69) is 10.3 Å². The van der Waals surface area contributed by atoms with E-state index in [-0.39, 0.29) is 12.4 Å². The molecule has 19 heavy (non-hydrogen) atoms. The fraction of sp³-hybridized carbons (Fsp3) is 0.250. The van der Waals surface area contributed by atoms with Crippen LogP contribution in [0.4, 0.5) is 19.0 Å². The van der Waals surface area contributed by atoms with Crippen molar-refractivity contribution in [1.82, 2.24) is 4.98 Å². The van der Waals surface area contributed by atoms with Crippen molar-refractivity contribution < 1.29 is 18.3 Å². The largest absolute Gasteiger partial charge is 0.433 e. The summed E-state index contributed by atoms with van der Waals surface area (Å²) in [5.41, 5.74) is -0.230. The highest BCUT2D eigenvalue weighted by Gasteiger charge is 2.32. The Bertz CT molecular complexity index is 528. The minimum atomic E-state index is -4.47. The standard InChI is InChI=1S/C12H11F3N2OS/c13-12(14,15)10-2-1-3-11(17-10)16-6-9(18)8-4-5-19-7-8/h1-5,7,9,18H,6H2,(H,16,17). The number of anilines is 1. The van der Waals surface area contributed by atoms with E-state index < -0.39 is 18.0 Å². The molecule has 7 heteroatoms. The van der Waals surface area contributed by atoms with Gasteiger partial charge in [0.05, 0.1) is 6.10 Å². The van der Waals surface area contributed by atoms with Gasteiger partial charge >= 0.3 is 6.18 Å². The van der Waals surface area contributed by atoms with E-state index in [0.29, 0.717) is 0 Å². The molecule has 0 spiro atoms. The maximum atomic E-state index is 12.5. The number of halogens is 3. The molecule has 1 atom stereocenters. The quantitative estimate of drug-likeness (QED) is 0.907.